The van der Waals surface area contributed by atoms with Crippen LogP contribution in [0.1, 0.15) is 33.5 Å². The van der Waals surface area contributed by atoms with Crippen molar-refractivity contribution >= 4 is 38.2 Å². The number of hydrogen-bond acceptors (Lipinski definition) is 4. The Bertz CT molecular complexity index is 1470. The molecule has 1 aromatic heterocycles. The van der Waals surface area contributed by atoms with Gasteiger partial charge in [0.2, 0.25) is 10.0 Å². The average Bonchev–Trinajstić information content (AvgIpc) is 3.13. The van der Waals surface area contributed by atoms with Crippen LogP contribution in [0.4, 0.5) is 5.69 Å². The van der Waals surface area contributed by atoms with Gasteiger partial charge in [-0.3, -0.25) is 14.9 Å². The third-order valence-electron chi connectivity index (χ3n) is 5.69. The predicted octanol–water partition coefficient (Wildman–Crippen LogP) is 4.22. The van der Waals surface area contributed by atoms with Gasteiger partial charge in [0.1, 0.15) is 5.84 Å². The molecule has 0 saturated heterocycles. The van der Waals surface area contributed by atoms with Gasteiger partial charge in [0.05, 0.1) is 5.75 Å². The van der Waals surface area contributed by atoms with E-state index in [0.29, 0.717) is 34.2 Å². The van der Waals surface area contributed by atoms with Gasteiger partial charge in [0, 0.05) is 47.4 Å². The third-order valence-corrected chi connectivity index (χ3v) is 6.95. The molecule has 174 valence electrons. The summed E-state index contributed by atoms with van der Waals surface area (Å²) < 4.78 is 29.8. The highest BCUT2D eigenvalue weighted by atomic mass is 32.2. The summed E-state index contributed by atoms with van der Waals surface area (Å²) in [5.41, 5.74) is 9.60. The van der Waals surface area contributed by atoms with E-state index in [9.17, 15) is 13.2 Å². The lowest BCUT2D eigenvalue weighted by Gasteiger charge is -2.09. The van der Waals surface area contributed by atoms with Gasteiger partial charge >= 0.3 is 0 Å². The number of nitrogen functional groups attached to an aromatic ring is 1. The minimum Gasteiger partial charge on any atom is -0.384 e. The number of Topliss-reactive ketones (excluding diaryl/α,β-unsaturated/α-hetero) is 1. The maximum atomic E-state index is 13.1. The van der Waals surface area contributed by atoms with Crippen LogP contribution in [0, 0.1) is 5.41 Å². The molecule has 0 unspecified atom stereocenters. The summed E-state index contributed by atoms with van der Waals surface area (Å²) in [7, 11) is -1.76. The number of nitrogens with one attached hydrogen (secondary N) is 2. The molecule has 0 saturated carbocycles. The molecule has 4 aromatic rings. The van der Waals surface area contributed by atoms with Crippen LogP contribution in [-0.4, -0.2) is 24.6 Å². The second-order valence-electron chi connectivity index (χ2n) is 8.23. The van der Waals surface area contributed by atoms with Crippen LogP contribution in [0.2, 0.25) is 0 Å². The molecule has 34 heavy (non-hydrogen) atoms. The van der Waals surface area contributed by atoms with E-state index in [1.165, 1.54) is 0 Å². The molecule has 4 N–H and O–H groups in total. The first-order chi connectivity index (χ1) is 16.2. The van der Waals surface area contributed by atoms with E-state index >= 15 is 0 Å². The molecule has 1 heterocycles. The summed E-state index contributed by atoms with van der Waals surface area (Å²) in [6.07, 6.45) is 2.47. The normalized spacial score (nSPS) is 11.4. The minimum absolute atomic E-state index is 0.0272. The van der Waals surface area contributed by atoms with Gasteiger partial charge in [-0.15, -0.1) is 0 Å². The van der Waals surface area contributed by atoms with Crippen LogP contribution in [0.15, 0.2) is 79.0 Å². The summed E-state index contributed by atoms with van der Waals surface area (Å²) in [5.74, 6) is -0.226. The molecule has 0 atom stereocenters. The van der Waals surface area contributed by atoms with Crippen LogP contribution in [0.25, 0.3) is 10.9 Å². The van der Waals surface area contributed by atoms with Crippen molar-refractivity contribution in [1.29, 1.82) is 5.41 Å². The Hall–Kier alpha value is -3.91. The lowest BCUT2D eigenvalue weighted by atomic mass is 9.98. The number of ketones is 1. The zero-order valence-electron chi connectivity index (χ0n) is 18.8. The standard InChI is InChI=1S/C26H26N4O3S/c1-30-16-23(25(31)14-11-19-9-5-6-10-21(19)26(27)28)22-15-20(12-13-24(22)30)29-34(32,33)17-18-7-3-2-4-8-18/h2-10,12-13,15-16,29H,11,14,17H2,1H3,(H3,27,28). The largest absolute Gasteiger partial charge is 0.384 e. The molecular formula is C26H26N4O3S. The lowest BCUT2D eigenvalue weighted by Crippen LogP contribution is -2.15. The van der Waals surface area contributed by atoms with Crippen molar-refractivity contribution in [2.45, 2.75) is 18.6 Å². The number of benzene rings is 3. The van der Waals surface area contributed by atoms with Crippen molar-refractivity contribution < 1.29 is 13.2 Å². The number of nitrogens with two attached hydrogens (primary N) is 1. The van der Waals surface area contributed by atoms with Crippen molar-refractivity contribution in [2.24, 2.45) is 12.8 Å². The number of rotatable bonds is 9. The van der Waals surface area contributed by atoms with Gasteiger partial charge in [-0.2, -0.15) is 0 Å². The SMILES string of the molecule is Cn1cc(C(=O)CCc2ccccc2C(=N)N)c2cc(NS(=O)(=O)Cc3ccccc3)ccc21. The highest BCUT2D eigenvalue weighted by Gasteiger charge is 2.17. The van der Waals surface area contributed by atoms with E-state index in [1.54, 1.807) is 54.7 Å². The molecule has 0 bridgehead atoms. The van der Waals surface area contributed by atoms with E-state index in [2.05, 4.69) is 4.72 Å². The quantitative estimate of drug-likeness (QED) is 0.191. The molecule has 0 aliphatic heterocycles. The highest BCUT2D eigenvalue weighted by molar-refractivity contribution is 7.91. The fourth-order valence-electron chi connectivity index (χ4n) is 4.07. The zero-order valence-corrected chi connectivity index (χ0v) is 19.6. The topological polar surface area (TPSA) is 118 Å². The molecule has 0 fully saturated rings. The molecule has 0 radical (unpaired) electrons. The Kier molecular flexibility index (Phi) is 6.51. The Morgan fingerprint density at radius 3 is 2.44 bits per heavy atom. The second kappa shape index (κ2) is 9.52. The first-order valence-electron chi connectivity index (χ1n) is 10.8. The Morgan fingerprint density at radius 1 is 1.00 bits per heavy atom. The van der Waals surface area contributed by atoms with Crippen molar-refractivity contribution in [2.75, 3.05) is 4.72 Å². The molecule has 0 aliphatic rings. The van der Waals surface area contributed by atoms with Crippen LogP contribution >= 0.6 is 0 Å². The van der Waals surface area contributed by atoms with E-state index < -0.39 is 10.0 Å². The molecule has 0 spiro atoms. The molecule has 0 amide bonds. The number of sulfonamides is 1. The van der Waals surface area contributed by atoms with Crippen LogP contribution in [0.3, 0.4) is 0 Å². The predicted molar refractivity (Wildman–Crippen MR) is 136 cm³/mol. The number of fused-ring (bicyclic) bond motifs is 1. The monoisotopic (exact) mass is 474 g/mol. The van der Waals surface area contributed by atoms with Gasteiger partial charge in [-0.1, -0.05) is 54.6 Å². The number of hydrogen-bond donors (Lipinski definition) is 3. The Morgan fingerprint density at radius 2 is 1.71 bits per heavy atom. The number of carbonyl (C=O) groups excluding carboxylic acids is 1. The lowest BCUT2D eigenvalue weighted by molar-refractivity contribution is 0.0984. The van der Waals surface area contributed by atoms with E-state index in [-0.39, 0.29) is 23.8 Å². The van der Waals surface area contributed by atoms with Crippen molar-refractivity contribution in [3.8, 4) is 0 Å². The third kappa shape index (κ3) is 5.18. The van der Waals surface area contributed by atoms with Gasteiger partial charge in [0.25, 0.3) is 0 Å². The summed E-state index contributed by atoms with van der Waals surface area (Å²) >= 11 is 0. The van der Waals surface area contributed by atoms with E-state index in [4.69, 9.17) is 11.1 Å². The Labute approximate surface area is 198 Å². The van der Waals surface area contributed by atoms with E-state index in [1.807, 2.05) is 35.9 Å². The first-order valence-corrected chi connectivity index (χ1v) is 12.5. The molecule has 4 rings (SSSR count). The number of aromatic nitrogens is 1. The summed E-state index contributed by atoms with van der Waals surface area (Å²) in [4.78, 5) is 13.1. The summed E-state index contributed by atoms with van der Waals surface area (Å²) in [6, 6.07) is 21.5. The maximum Gasteiger partial charge on any atom is 0.236 e. The number of anilines is 1. The maximum absolute atomic E-state index is 13.1. The number of nitrogens with zero attached hydrogens (tertiary/aromatic N) is 1. The first kappa shape index (κ1) is 23.3. The van der Waals surface area contributed by atoms with E-state index in [0.717, 1.165) is 11.1 Å². The van der Waals surface area contributed by atoms with Crippen LogP contribution < -0.4 is 10.5 Å². The molecular weight excluding hydrogens is 448 g/mol. The summed E-state index contributed by atoms with van der Waals surface area (Å²) in [5, 5.41) is 8.42. The molecule has 7 nitrogen and oxygen atoms in total. The molecule has 8 heteroatoms. The number of amidine groups is 1. The smallest absolute Gasteiger partial charge is 0.236 e. The summed E-state index contributed by atoms with van der Waals surface area (Å²) in [6.45, 7) is 0. The van der Waals surface area contributed by atoms with Crippen molar-refractivity contribution in [3.63, 3.8) is 0 Å². The zero-order chi connectivity index (χ0) is 24.3. The minimum atomic E-state index is -3.62. The van der Waals surface area contributed by atoms with Gasteiger partial charge in [0.15, 0.2) is 5.78 Å². The van der Waals surface area contributed by atoms with Crippen LogP contribution in [0.5, 0.6) is 0 Å². The molecule has 3 aromatic carbocycles. The number of carbonyl (C=O) groups is 1. The fourth-order valence-corrected chi connectivity index (χ4v) is 5.26. The van der Waals surface area contributed by atoms with Gasteiger partial charge < -0.3 is 10.3 Å². The number of aryl methyl sites for hydroxylation is 2. The highest BCUT2D eigenvalue weighted by Crippen LogP contribution is 2.27. The van der Waals surface area contributed by atoms with Crippen LogP contribution in [-0.2, 0) is 29.2 Å². The average molecular weight is 475 g/mol. The van der Waals surface area contributed by atoms with Gasteiger partial charge in [-0.25, -0.2) is 8.42 Å². The molecule has 0 aliphatic carbocycles. The van der Waals surface area contributed by atoms with Gasteiger partial charge in [-0.05, 0) is 35.7 Å². The van der Waals surface area contributed by atoms with Crippen molar-refractivity contribution in [1.82, 2.24) is 4.57 Å². The second-order valence-corrected chi connectivity index (χ2v) is 9.95. The Balaban J connectivity index is 1.56. The fraction of sp³-hybridized carbons (Fsp3) is 0.154. The van der Waals surface area contributed by atoms with Crippen molar-refractivity contribution in [3.05, 3.63) is 101 Å².